The molecule has 0 radical (unpaired) electrons. The summed E-state index contributed by atoms with van der Waals surface area (Å²) in [5.74, 6) is 2.13. The van der Waals surface area contributed by atoms with Gasteiger partial charge in [0, 0.05) is 42.4 Å². The molecule has 4 rings (SSSR count). The summed E-state index contributed by atoms with van der Waals surface area (Å²) in [5.41, 5.74) is 3.20. The van der Waals surface area contributed by atoms with Gasteiger partial charge in [0.1, 0.15) is 17.3 Å². The van der Waals surface area contributed by atoms with Crippen molar-refractivity contribution in [1.29, 1.82) is 0 Å². The van der Waals surface area contributed by atoms with Gasteiger partial charge in [-0.2, -0.15) is 0 Å². The average molecular weight is 511 g/mol. The third kappa shape index (κ3) is 4.74. The van der Waals surface area contributed by atoms with Gasteiger partial charge in [0.05, 0.1) is 38.3 Å². The maximum atomic E-state index is 13.8. The van der Waals surface area contributed by atoms with Gasteiger partial charge in [0.15, 0.2) is 0 Å². The number of urea groups is 2. The highest BCUT2D eigenvalue weighted by Crippen LogP contribution is 2.48. The Morgan fingerprint density at radius 1 is 1.22 bits per heavy atom. The minimum Gasteiger partial charge on any atom is -0.497 e. The quantitative estimate of drug-likeness (QED) is 0.457. The Hall–Kier alpha value is -3.62. The number of hydrogen-bond donors (Lipinski definition) is 2. The van der Waals surface area contributed by atoms with E-state index >= 15 is 0 Å². The monoisotopic (exact) mass is 510 g/mol. The molecule has 2 unspecified atom stereocenters. The zero-order valence-corrected chi connectivity index (χ0v) is 22.6. The zero-order chi connectivity index (χ0) is 26.7. The number of methoxy groups -OCH3 is 2. The summed E-state index contributed by atoms with van der Waals surface area (Å²) in [4.78, 5) is 30.3. The Labute approximate surface area is 218 Å². The number of allylic oxidation sites excluding steroid dienone is 1. The number of nitrogens with one attached hydrogen (secondary N) is 2. The van der Waals surface area contributed by atoms with Crippen molar-refractivity contribution in [3.63, 3.8) is 0 Å². The number of carbonyl (C=O) groups excluding carboxylic acids is 2. The lowest BCUT2D eigenvalue weighted by atomic mass is 9.83. The Morgan fingerprint density at radius 2 is 2.00 bits per heavy atom. The van der Waals surface area contributed by atoms with E-state index < -0.39 is 5.54 Å². The molecule has 1 fully saturated rings. The molecule has 3 heterocycles. The number of benzene rings is 1. The molecule has 0 saturated carbocycles. The van der Waals surface area contributed by atoms with Crippen LogP contribution in [-0.4, -0.2) is 54.7 Å². The van der Waals surface area contributed by atoms with Crippen LogP contribution in [0, 0.1) is 6.92 Å². The van der Waals surface area contributed by atoms with Crippen LogP contribution in [0.3, 0.4) is 0 Å². The molecule has 9 heteroatoms. The highest BCUT2D eigenvalue weighted by Gasteiger charge is 2.53. The Kier molecular flexibility index (Phi) is 7.71. The second kappa shape index (κ2) is 10.8. The van der Waals surface area contributed by atoms with Gasteiger partial charge in [-0.25, -0.2) is 9.59 Å². The van der Waals surface area contributed by atoms with Gasteiger partial charge >= 0.3 is 12.1 Å². The molecule has 0 spiro atoms. The molecule has 0 bridgehead atoms. The van der Waals surface area contributed by atoms with Crippen molar-refractivity contribution in [3.05, 3.63) is 53.1 Å². The lowest BCUT2D eigenvalue weighted by molar-refractivity contribution is 0.151. The first-order valence-electron chi connectivity index (χ1n) is 12.9. The molecule has 2 aromatic rings. The second-order valence-electron chi connectivity index (χ2n) is 9.66. The van der Waals surface area contributed by atoms with Crippen LogP contribution in [0.15, 0.2) is 40.7 Å². The highest BCUT2D eigenvalue weighted by atomic mass is 16.5. The van der Waals surface area contributed by atoms with Gasteiger partial charge in [-0.1, -0.05) is 26.3 Å². The highest BCUT2D eigenvalue weighted by molar-refractivity contribution is 5.89. The predicted molar refractivity (Wildman–Crippen MR) is 142 cm³/mol. The van der Waals surface area contributed by atoms with Crippen molar-refractivity contribution in [2.24, 2.45) is 0 Å². The number of furan rings is 1. The average Bonchev–Trinajstić information content (AvgIpc) is 3.31. The van der Waals surface area contributed by atoms with Crippen LogP contribution >= 0.6 is 0 Å². The number of amides is 4. The molecule has 2 N–H and O–H groups in total. The van der Waals surface area contributed by atoms with E-state index in [0.717, 1.165) is 35.4 Å². The normalized spacial score (nSPS) is 20.6. The van der Waals surface area contributed by atoms with E-state index in [2.05, 4.69) is 30.6 Å². The van der Waals surface area contributed by atoms with Gasteiger partial charge in [-0.15, -0.1) is 0 Å². The van der Waals surface area contributed by atoms with E-state index in [-0.39, 0.29) is 18.0 Å². The van der Waals surface area contributed by atoms with Crippen molar-refractivity contribution in [3.8, 4) is 11.5 Å². The number of anilines is 1. The molecule has 1 aromatic carbocycles. The number of aryl methyl sites for hydroxylation is 1. The van der Waals surface area contributed by atoms with Crippen molar-refractivity contribution < 1.29 is 23.5 Å². The van der Waals surface area contributed by atoms with E-state index in [1.165, 1.54) is 0 Å². The van der Waals surface area contributed by atoms with Crippen molar-refractivity contribution in [1.82, 2.24) is 15.1 Å². The van der Waals surface area contributed by atoms with Gasteiger partial charge in [0.2, 0.25) is 0 Å². The summed E-state index contributed by atoms with van der Waals surface area (Å²) < 4.78 is 16.5. The van der Waals surface area contributed by atoms with Crippen molar-refractivity contribution >= 4 is 17.7 Å². The number of likely N-dealkylation sites (N-methyl/N-ethyl adjacent to an activating group) is 1. The molecule has 1 saturated heterocycles. The second-order valence-corrected chi connectivity index (χ2v) is 9.66. The summed E-state index contributed by atoms with van der Waals surface area (Å²) >= 11 is 0. The molecule has 2 aliphatic heterocycles. The predicted octanol–water partition coefficient (Wildman–Crippen LogP) is 5.61. The molecule has 200 valence electrons. The number of rotatable bonds is 9. The Bertz CT molecular complexity index is 1190. The molecule has 2 atom stereocenters. The molecule has 37 heavy (non-hydrogen) atoms. The van der Waals surface area contributed by atoms with Crippen LogP contribution in [-0.2, 0) is 6.54 Å². The van der Waals surface area contributed by atoms with E-state index in [0.29, 0.717) is 43.3 Å². The maximum absolute atomic E-state index is 13.8. The van der Waals surface area contributed by atoms with Gasteiger partial charge < -0.3 is 29.4 Å². The summed E-state index contributed by atoms with van der Waals surface area (Å²) in [7, 11) is 3.29. The first kappa shape index (κ1) is 26.4. The van der Waals surface area contributed by atoms with E-state index in [1.54, 1.807) is 33.5 Å². The topological polar surface area (TPSA) is 96.3 Å². The van der Waals surface area contributed by atoms with E-state index in [9.17, 15) is 9.59 Å². The molecule has 2 aliphatic rings. The zero-order valence-electron chi connectivity index (χ0n) is 22.6. The number of hydrogen-bond acceptors (Lipinski definition) is 5. The van der Waals surface area contributed by atoms with Crippen LogP contribution in [0.25, 0.3) is 0 Å². The van der Waals surface area contributed by atoms with E-state index in [4.69, 9.17) is 13.9 Å². The minimum absolute atomic E-state index is 0.0116. The molecular formula is C28H38N4O5. The van der Waals surface area contributed by atoms with E-state index in [1.807, 2.05) is 28.9 Å². The third-order valence-corrected chi connectivity index (χ3v) is 7.51. The molecule has 0 aliphatic carbocycles. The van der Waals surface area contributed by atoms with Crippen molar-refractivity contribution in [2.75, 3.05) is 32.6 Å². The van der Waals surface area contributed by atoms with Gasteiger partial charge in [-0.3, -0.25) is 4.90 Å². The number of carbonyl (C=O) groups is 2. The first-order valence-corrected chi connectivity index (χ1v) is 12.9. The number of fused-ring (bicyclic) bond motifs is 2. The SMILES string of the molecule is CCCC1(CCNC(=O)Nc2ccoc2C)C2=CC(C)c3c(cc(OC)cc3OC)CN2C(=O)N1CC. The van der Waals surface area contributed by atoms with Crippen molar-refractivity contribution in [2.45, 2.75) is 65.0 Å². The summed E-state index contributed by atoms with van der Waals surface area (Å²) in [5, 5.41) is 5.81. The smallest absolute Gasteiger partial charge is 0.325 e. The lowest BCUT2D eigenvalue weighted by Gasteiger charge is -2.38. The molecule has 9 nitrogen and oxygen atoms in total. The van der Waals surface area contributed by atoms with Crippen LogP contribution < -0.4 is 20.1 Å². The van der Waals surface area contributed by atoms with Gasteiger partial charge in [0.25, 0.3) is 0 Å². The summed E-state index contributed by atoms with van der Waals surface area (Å²) in [6.07, 6.45) is 6.04. The third-order valence-electron chi connectivity index (χ3n) is 7.51. The standard InChI is InChI=1S/C28H38N4O5/c1-7-10-28(11-12-29-26(33)30-22-9-13-37-19(22)4)24-14-18(3)25-20(15-21(35-5)16-23(25)36-6)17-31(24)27(34)32(28)8-2/h9,13-16,18H,7-8,10-12,17H2,1-6H3,(H2,29,30,33). The largest absolute Gasteiger partial charge is 0.497 e. The fourth-order valence-electron chi connectivity index (χ4n) is 5.87. The molecular weight excluding hydrogens is 472 g/mol. The van der Waals surface area contributed by atoms with Crippen LogP contribution in [0.2, 0.25) is 0 Å². The molecule has 1 aromatic heterocycles. The lowest BCUT2D eigenvalue weighted by Crippen LogP contribution is -2.48. The minimum atomic E-state index is -0.521. The fourth-order valence-corrected chi connectivity index (χ4v) is 5.87. The summed E-state index contributed by atoms with van der Waals surface area (Å²) in [6, 6.07) is 5.31. The maximum Gasteiger partial charge on any atom is 0.325 e. The Balaban J connectivity index is 1.65. The number of nitrogens with zero attached hydrogens (tertiary/aromatic N) is 2. The number of ether oxygens (including phenoxy) is 2. The summed E-state index contributed by atoms with van der Waals surface area (Å²) in [6.45, 7) is 9.51. The fraction of sp³-hybridized carbons (Fsp3) is 0.500. The van der Waals surface area contributed by atoms with Crippen LogP contribution in [0.5, 0.6) is 11.5 Å². The van der Waals surface area contributed by atoms with Gasteiger partial charge in [-0.05, 0) is 38.3 Å². The molecule has 4 amide bonds. The van der Waals surface area contributed by atoms with Crippen LogP contribution in [0.1, 0.15) is 62.8 Å². The first-order chi connectivity index (χ1) is 17.8. The Morgan fingerprint density at radius 3 is 2.62 bits per heavy atom. The van der Waals surface area contributed by atoms with Crippen LogP contribution in [0.4, 0.5) is 15.3 Å².